The number of halogens is 2. The summed E-state index contributed by atoms with van der Waals surface area (Å²) in [6.45, 7) is 3.26. The minimum atomic E-state index is -0.646. The van der Waals surface area contributed by atoms with E-state index in [0.29, 0.717) is 37.9 Å². The van der Waals surface area contributed by atoms with Gasteiger partial charge in [0.15, 0.2) is 11.5 Å². The van der Waals surface area contributed by atoms with Crippen molar-refractivity contribution >= 4 is 34.2 Å². The Labute approximate surface area is 176 Å². The molecule has 0 amide bonds. The number of para-hydroxylation sites is 1. The number of benzene rings is 2. The van der Waals surface area contributed by atoms with Crippen molar-refractivity contribution in [3.05, 3.63) is 79.6 Å². The van der Waals surface area contributed by atoms with Crippen LogP contribution in [0.2, 0.25) is 10.0 Å². The number of rotatable bonds is 4. The van der Waals surface area contributed by atoms with Gasteiger partial charge in [-0.3, -0.25) is 0 Å². The van der Waals surface area contributed by atoms with Crippen molar-refractivity contribution in [1.82, 2.24) is 0 Å². The van der Waals surface area contributed by atoms with Crippen molar-refractivity contribution in [3.63, 3.8) is 0 Å². The third-order valence-electron chi connectivity index (χ3n) is 4.69. The summed E-state index contributed by atoms with van der Waals surface area (Å²) in [5.41, 5.74) is 1.12. The number of aromatic hydroxyl groups is 1. The highest BCUT2D eigenvalue weighted by Crippen LogP contribution is 2.43. The second-order valence-electron chi connectivity index (χ2n) is 6.60. The number of hydrogen-bond acceptors (Lipinski definition) is 5. The average molecular weight is 431 g/mol. The van der Waals surface area contributed by atoms with E-state index in [1.54, 1.807) is 31.2 Å². The average Bonchev–Trinajstić information content (AvgIpc) is 3.08. The standard InChI is InChI=1S/C22H16Cl2O5/c1-11-18(25)12(2)22(26)29-19(11)21-20(15-5-3-4-6-17(15)28-21)27-10-13-9-14(23)7-8-16(13)24/h3-9,25H,10H2,1-2H3. The van der Waals surface area contributed by atoms with Gasteiger partial charge in [-0.05, 0) is 44.2 Å². The van der Waals surface area contributed by atoms with Crippen molar-refractivity contribution in [3.8, 4) is 23.0 Å². The van der Waals surface area contributed by atoms with Gasteiger partial charge in [0.1, 0.15) is 17.9 Å². The predicted octanol–water partition coefficient (Wildman–Crippen LogP) is 6.26. The molecule has 0 unspecified atom stereocenters. The summed E-state index contributed by atoms with van der Waals surface area (Å²) in [6.07, 6.45) is 0. The monoisotopic (exact) mass is 430 g/mol. The summed E-state index contributed by atoms with van der Waals surface area (Å²) < 4.78 is 17.4. The van der Waals surface area contributed by atoms with Crippen LogP contribution in [0.3, 0.4) is 0 Å². The van der Waals surface area contributed by atoms with E-state index in [1.807, 2.05) is 18.2 Å². The Morgan fingerprint density at radius 2 is 1.76 bits per heavy atom. The lowest BCUT2D eigenvalue weighted by molar-refractivity contribution is 0.306. The molecule has 0 atom stereocenters. The molecule has 4 aromatic rings. The van der Waals surface area contributed by atoms with Gasteiger partial charge in [0.25, 0.3) is 0 Å². The highest BCUT2D eigenvalue weighted by molar-refractivity contribution is 6.33. The topological polar surface area (TPSA) is 72.8 Å². The molecule has 0 aliphatic heterocycles. The maximum atomic E-state index is 12.1. The summed E-state index contributed by atoms with van der Waals surface area (Å²) >= 11 is 12.3. The lowest BCUT2D eigenvalue weighted by atomic mass is 10.1. The Morgan fingerprint density at radius 3 is 2.55 bits per heavy atom. The Balaban J connectivity index is 1.86. The largest absolute Gasteiger partial charge is 0.507 e. The molecule has 0 aliphatic carbocycles. The number of ether oxygens (including phenoxy) is 1. The predicted molar refractivity (Wildman–Crippen MR) is 112 cm³/mol. The smallest absolute Gasteiger partial charge is 0.343 e. The van der Waals surface area contributed by atoms with E-state index in [4.69, 9.17) is 36.8 Å². The van der Waals surface area contributed by atoms with Crippen LogP contribution >= 0.6 is 23.2 Å². The molecule has 7 heteroatoms. The molecule has 148 valence electrons. The molecule has 4 rings (SSSR count). The Hall–Kier alpha value is -2.89. The van der Waals surface area contributed by atoms with Crippen molar-refractivity contribution < 1.29 is 18.7 Å². The van der Waals surface area contributed by atoms with Crippen molar-refractivity contribution in [2.24, 2.45) is 0 Å². The molecule has 2 aromatic heterocycles. The zero-order valence-corrected chi connectivity index (χ0v) is 17.1. The molecule has 0 fully saturated rings. The normalized spacial score (nSPS) is 11.2. The number of furan rings is 1. The lowest BCUT2D eigenvalue weighted by Crippen LogP contribution is -2.06. The Kier molecular flexibility index (Phi) is 5.03. The van der Waals surface area contributed by atoms with Crippen molar-refractivity contribution in [2.45, 2.75) is 20.5 Å². The molecule has 0 spiro atoms. The molecule has 0 radical (unpaired) electrons. The number of fused-ring (bicyclic) bond motifs is 1. The third kappa shape index (κ3) is 3.48. The quantitative estimate of drug-likeness (QED) is 0.413. The van der Waals surface area contributed by atoms with Gasteiger partial charge < -0.3 is 18.7 Å². The zero-order chi connectivity index (χ0) is 20.7. The first kappa shape index (κ1) is 19.4. The fraction of sp³-hybridized carbons (Fsp3) is 0.136. The summed E-state index contributed by atoms with van der Waals surface area (Å²) in [4.78, 5) is 12.1. The van der Waals surface area contributed by atoms with Crippen LogP contribution < -0.4 is 10.4 Å². The minimum Gasteiger partial charge on any atom is -0.507 e. The summed E-state index contributed by atoms with van der Waals surface area (Å²) in [5, 5.41) is 12.0. The molecular weight excluding hydrogens is 415 g/mol. The van der Waals surface area contributed by atoms with Crippen LogP contribution in [0, 0.1) is 13.8 Å². The summed E-state index contributed by atoms with van der Waals surface area (Å²) in [5.74, 6) is 0.572. The molecule has 0 saturated carbocycles. The first-order valence-corrected chi connectivity index (χ1v) is 9.54. The van der Waals surface area contributed by atoms with E-state index in [0.717, 1.165) is 0 Å². The number of hydrogen-bond donors (Lipinski definition) is 1. The zero-order valence-electron chi connectivity index (χ0n) is 15.6. The van der Waals surface area contributed by atoms with Crippen LogP contribution in [0.15, 0.2) is 56.1 Å². The van der Waals surface area contributed by atoms with Gasteiger partial charge in [-0.25, -0.2) is 4.79 Å². The first-order chi connectivity index (χ1) is 13.9. The second kappa shape index (κ2) is 7.50. The van der Waals surface area contributed by atoms with E-state index < -0.39 is 5.63 Å². The first-order valence-electron chi connectivity index (χ1n) is 8.78. The molecule has 29 heavy (non-hydrogen) atoms. The molecule has 1 N–H and O–H groups in total. The van der Waals surface area contributed by atoms with Crippen molar-refractivity contribution in [1.29, 1.82) is 0 Å². The molecular formula is C22H16Cl2O5. The van der Waals surface area contributed by atoms with Crippen molar-refractivity contribution in [2.75, 3.05) is 0 Å². The van der Waals surface area contributed by atoms with Crippen LogP contribution in [0.4, 0.5) is 0 Å². The van der Waals surface area contributed by atoms with Gasteiger partial charge in [-0.2, -0.15) is 0 Å². The van der Waals surface area contributed by atoms with E-state index in [-0.39, 0.29) is 29.4 Å². The molecule has 0 saturated heterocycles. The van der Waals surface area contributed by atoms with Gasteiger partial charge in [0.05, 0.1) is 10.9 Å². The van der Waals surface area contributed by atoms with Crippen LogP contribution in [-0.4, -0.2) is 5.11 Å². The van der Waals surface area contributed by atoms with E-state index in [1.165, 1.54) is 6.92 Å². The summed E-state index contributed by atoms with van der Waals surface area (Å²) in [7, 11) is 0. The maximum absolute atomic E-state index is 12.1. The van der Waals surface area contributed by atoms with Crippen LogP contribution in [0.25, 0.3) is 22.5 Å². The van der Waals surface area contributed by atoms with Gasteiger partial charge in [-0.1, -0.05) is 35.3 Å². The molecule has 2 heterocycles. The third-order valence-corrected chi connectivity index (χ3v) is 5.29. The SMILES string of the molecule is Cc1c(-c2oc3ccccc3c2OCc2cc(Cl)ccc2Cl)oc(=O)c(C)c1O. The molecule has 0 bridgehead atoms. The van der Waals surface area contributed by atoms with Gasteiger partial charge >= 0.3 is 5.63 Å². The van der Waals surface area contributed by atoms with Crippen LogP contribution in [0.5, 0.6) is 11.5 Å². The fourth-order valence-corrected chi connectivity index (χ4v) is 3.43. The van der Waals surface area contributed by atoms with E-state index in [9.17, 15) is 9.90 Å². The highest BCUT2D eigenvalue weighted by atomic mass is 35.5. The second-order valence-corrected chi connectivity index (χ2v) is 7.44. The fourth-order valence-electron chi connectivity index (χ4n) is 3.07. The lowest BCUT2D eigenvalue weighted by Gasteiger charge is -2.10. The van der Waals surface area contributed by atoms with Crippen LogP contribution in [-0.2, 0) is 6.61 Å². The van der Waals surface area contributed by atoms with Gasteiger partial charge in [0, 0.05) is 21.2 Å². The minimum absolute atomic E-state index is 0.112. The molecule has 0 aliphatic rings. The van der Waals surface area contributed by atoms with Gasteiger partial charge in [0.2, 0.25) is 5.76 Å². The van der Waals surface area contributed by atoms with Crippen LogP contribution in [0.1, 0.15) is 16.7 Å². The summed E-state index contributed by atoms with van der Waals surface area (Å²) in [6, 6.07) is 12.4. The Bertz CT molecular complexity index is 1290. The highest BCUT2D eigenvalue weighted by Gasteiger charge is 2.24. The molecule has 5 nitrogen and oxygen atoms in total. The Morgan fingerprint density at radius 1 is 1.00 bits per heavy atom. The van der Waals surface area contributed by atoms with Gasteiger partial charge in [-0.15, -0.1) is 0 Å². The maximum Gasteiger partial charge on any atom is 0.343 e. The van der Waals surface area contributed by atoms with E-state index >= 15 is 0 Å². The molecule has 2 aromatic carbocycles. The van der Waals surface area contributed by atoms with E-state index in [2.05, 4.69) is 0 Å².